The molecule has 1 aromatic heterocycles. The van der Waals surface area contributed by atoms with E-state index in [0.29, 0.717) is 17.1 Å². The highest BCUT2D eigenvalue weighted by atomic mass is 35.5. The summed E-state index contributed by atoms with van der Waals surface area (Å²) in [5, 5.41) is 1.29. The summed E-state index contributed by atoms with van der Waals surface area (Å²) in [4.78, 5) is 22.1. The van der Waals surface area contributed by atoms with Crippen molar-refractivity contribution in [1.29, 1.82) is 0 Å². The lowest BCUT2D eigenvalue weighted by molar-refractivity contribution is 0.0984. The van der Waals surface area contributed by atoms with Gasteiger partial charge >= 0.3 is 0 Å². The molecule has 150 valence electrons. The van der Waals surface area contributed by atoms with Crippen LogP contribution >= 0.6 is 35.3 Å². The predicted molar refractivity (Wildman–Crippen MR) is 123 cm³/mol. The van der Waals surface area contributed by atoms with Gasteiger partial charge in [-0.05, 0) is 49.8 Å². The number of thiazole rings is 1. The molecule has 1 amide bonds. The summed E-state index contributed by atoms with van der Waals surface area (Å²) >= 11 is 7.66. The van der Waals surface area contributed by atoms with Gasteiger partial charge in [0.05, 0.1) is 10.2 Å². The first-order valence-corrected chi connectivity index (χ1v) is 10.4. The highest BCUT2D eigenvalue weighted by molar-refractivity contribution is 7.22. The molecular formula is C21H25Cl2N3OS. The molecule has 2 aromatic carbocycles. The second-order valence-corrected chi connectivity index (χ2v) is 7.86. The number of benzene rings is 2. The molecular weight excluding hydrogens is 413 g/mol. The van der Waals surface area contributed by atoms with E-state index in [0.717, 1.165) is 40.5 Å². The van der Waals surface area contributed by atoms with E-state index in [1.165, 1.54) is 0 Å². The van der Waals surface area contributed by atoms with Gasteiger partial charge < -0.3 is 4.90 Å². The molecule has 0 N–H and O–H groups in total. The molecule has 3 rings (SSSR count). The fourth-order valence-corrected chi connectivity index (χ4v) is 4.29. The van der Waals surface area contributed by atoms with Crippen molar-refractivity contribution in [3.63, 3.8) is 0 Å². The molecule has 3 aromatic rings. The average molecular weight is 438 g/mol. The van der Waals surface area contributed by atoms with Crippen LogP contribution < -0.4 is 4.90 Å². The summed E-state index contributed by atoms with van der Waals surface area (Å²) in [7, 11) is 0. The van der Waals surface area contributed by atoms with Crippen LogP contribution in [0, 0.1) is 6.92 Å². The molecule has 0 bridgehead atoms. The van der Waals surface area contributed by atoms with Gasteiger partial charge in [-0.2, -0.15) is 0 Å². The second kappa shape index (κ2) is 10.2. The van der Waals surface area contributed by atoms with Crippen molar-refractivity contribution in [3.8, 4) is 0 Å². The summed E-state index contributed by atoms with van der Waals surface area (Å²) in [6.45, 7) is 9.61. The first kappa shape index (κ1) is 22.6. The summed E-state index contributed by atoms with van der Waals surface area (Å²) in [6, 6.07) is 13.2. The number of amides is 1. The lowest BCUT2D eigenvalue weighted by Gasteiger charge is -2.24. The highest BCUT2D eigenvalue weighted by Crippen LogP contribution is 2.31. The van der Waals surface area contributed by atoms with Crippen LogP contribution in [0.15, 0.2) is 42.5 Å². The van der Waals surface area contributed by atoms with Crippen molar-refractivity contribution < 1.29 is 4.79 Å². The van der Waals surface area contributed by atoms with Crippen molar-refractivity contribution in [3.05, 3.63) is 58.6 Å². The van der Waals surface area contributed by atoms with Crippen LogP contribution in [0.3, 0.4) is 0 Å². The molecule has 0 fully saturated rings. The van der Waals surface area contributed by atoms with E-state index in [9.17, 15) is 4.79 Å². The molecule has 0 unspecified atom stereocenters. The molecule has 0 aliphatic rings. The van der Waals surface area contributed by atoms with Gasteiger partial charge in [-0.15, -0.1) is 12.4 Å². The van der Waals surface area contributed by atoms with E-state index in [2.05, 4.69) is 24.8 Å². The Morgan fingerprint density at radius 3 is 2.46 bits per heavy atom. The van der Waals surface area contributed by atoms with Crippen molar-refractivity contribution >= 4 is 56.6 Å². The number of hydrogen-bond acceptors (Lipinski definition) is 4. The molecule has 0 aliphatic carbocycles. The Morgan fingerprint density at radius 1 is 1.11 bits per heavy atom. The zero-order chi connectivity index (χ0) is 19.4. The standard InChI is InChI=1S/C21H24ClN3OS.ClH/c1-4-24(5-2)12-13-25(20(26)16-9-7-10-17(22)14-16)21-23-19-15(3)8-6-11-18(19)27-21;/h6-11,14H,4-5,12-13H2,1-3H3;1H. The van der Waals surface area contributed by atoms with E-state index in [1.807, 2.05) is 19.1 Å². The van der Waals surface area contributed by atoms with E-state index < -0.39 is 0 Å². The van der Waals surface area contributed by atoms with Gasteiger partial charge in [-0.3, -0.25) is 9.69 Å². The summed E-state index contributed by atoms with van der Waals surface area (Å²) < 4.78 is 1.09. The zero-order valence-corrected chi connectivity index (χ0v) is 18.7. The topological polar surface area (TPSA) is 36.4 Å². The SMILES string of the molecule is CCN(CC)CCN(C(=O)c1cccc(Cl)c1)c1nc2c(C)cccc2s1.Cl. The fraction of sp³-hybridized carbons (Fsp3) is 0.333. The lowest BCUT2D eigenvalue weighted by Crippen LogP contribution is -2.38. The Balaban J connectivity index is 0.00000280. The van der Waals surface area contributed by atoms with Crippen molar-refractivity contribution in [1.82, 2.24) is 9.88 Å². The zero-order valence-electron chi connectivity index (χ0n) is 16.3. The number of carbonyl (C=O) groups excluding carboxylic acids is 1. The summed E-state index contributed by atoms with van der Waals surface area (Å²) in [5.41, 5.74) is 2.66. The summed E-state index contributed by atoms with van der Waals surface area (Å²) in [6.07, 6.45) is 0. The minimum atomic E-state index is -0.0682. The third kappa shape index (κ3) is 5.03. The largest absolute Gasteiger partial charge is 0.302 e. The van der Waals surface area contributed by atoms with Crippen molar-refractivity contribution in [2.45, 2.75) is 20.8 Å². The Morgan fingerprint density at radius 2 is 1.82 bits per heavy atom. The van der Waals surface area contributed by atoms with Crippen LogP contribution in [-0.4, -0.2) is 42.0 Å². The molecule has 0 aliphatic heterocycles. The van der Waals surface area contributed by atoms with Crippen LogP contribution in [-0.2, 0) is 0 Å². The fourth-order valence-electron chi connectivity index (χ4n) is 3.03. The van der Waals surface area contributed by atoms with Crippen LogP contribution in [0.2, 0.25) is 5.02 Å². The summed E-state index contributed by atoms with van der Waals surface area (Å²) in [5.74, 6) is -0.0682. The number of halogens is 2. The number of fused-ring (bicyclic) bond motifs is 1. The molecule has 0 spiro atoms. The maximum atomic E-state index is 13.3. The number of nitrogens with zero attached hydrogens (tertiary/aromatic N) is 3. The maximum absolute atomic E-state index is 13.3. The Bertz CT molecular complexity index is 940. The van der Waals surface area contributed by atoms with Gasteiger partial charge in [0.25, 0.3) is 5.91 Å². The third-order valence-electron chi connectivity index (χ3n) is 4.69. The number of aromatic nitrogens is 1. The Kier molecular flexibility index (Phi) is 8.25. The van der Waals surface area contributed by atoms with Crippen molar-refractivity contribution in [2.24, 2.45) is 0 Å². The molecule has 7 heteroatoms. The molecule has 0 saturated heterocycles. The molecule has 4 nitrogen and oxygen atoms in total. The second-order valence-electron chi connectivity index (χ2n) is 6.41. The minimum absolute atomic E-state index is 0. The Hall–Kier alpha value is -1.66. The quantitative estimate of drug-likeness (QED) is 0.477. The predicted octanol–water partition coefficient (Wildman–Crippen LogP) is 5.67. The number of hydrogen-bond donors (Lipinski definition) is 0. The van der Waals surface area contributed by atoms with Gasteiger partial charge in [0.1, 0.15) is 0 Å². The number of carbonyl (C=O) groups is 1. The Labute approximate surface area is 181 Å². The molecule has 0 atom stereocenters. The van der Waals surface area contributed by atoms with Crippen molar-refractivity contribution in [2.75, 3.05) is 31.1 Å². The number of anilines is 1. The first-order valence-electron chi connectivity index (χ1n) is 9.19. The van der Waals surface area contributed by atoms with Crippen LogP contribution in [0.1, 0.15) is 29.8 Å². The number of aryl methyl sites for hydroxylation is 1. The maximum Gasteiger partial charge on any atom is 0.260 e. The highest BCUT2D eigenvalue weighted by Gasteiger charge is 2.22. The van der Waals surface area contributed by atoms with Gasteiger partial charge in [0, 0.05) is 23.7 Å². The van der Waals surface area contributed by atoms with Crippen LogP contribution in [0.5, 0.6) is 0 Å². The number of rotatable bonds is 7. The normalized spacial score (nSPS) is 10.9. The number of para-hydroxylation sites is 1. The minimum Gasteiger partial charge on any atom is -0.302 e. The van der Waals surface area contributed by atoms with E-state index in [1.54, 1.807) is 40.5 Å². The van der Waals surface area contributed by atoms with Crippen LogP contribution in [0.4, 0.5) is 5.13 Å². The number of likely N-dealkylation sites (N-methyl/N-ethyl adjacent to an activating group) is 1. The monoisotopic (exact) mass is 437 g/mol. The van der Waals surface area contributed by atoms with E-state index in [-0.39, 0.29) is 18.3 Å². The smallest absolute Gasteiger partial charge is 0.260 e. The van der Waals surface area contributed by atoms with Crippen LogP contribution in [0.25, 0.3) is 10.2 Å². The molecule has 1 heterocycles. The molecule has 0 radical (unpaired) electrons. The van der Waals surface area contributed by atoms with Gasteiger partial charge in [0.15, 0.2) is 5.13 Å². The van der Waals surface area contributed by atoms with E-state index in [4.69, 9.17) is 16.6 Å². The molecule has 28 heavy (non-hydrogen) atoms. The van der Waals surface area contributed by atoms with Gasteiger partial charge in [0.2, 0.25) is 0 Å². The third-order valence-corrected chi connectivity index (χ3v) is 5.97. The molecule has 0 saturated carbocycles. The van der Waals surface area contributed by atoms with Gasteiger partial charge in [-0.25, -0.2) is 4.98 Å². The average Bonchev–Trinajstić information content (AvgIpc) is 3.10. The lowest BCUT2D eigenvalue weighted by atomic mass is 10.2. The van der Waals surface area contributed by atoms with E-state index >= 15 is 0 Å². The first-order chi connectivity index (χ1) is 13.0. The van der Waals surface area contributed by atoms with Gasteiger partial charge in [-0.1, -0.05) is 55.0 Å².